The van der Waals surface area contributed by atoms with Crippen LogP contribution in [0.25, 0.3) is 0 Å². The van der Waals surface area contributed by atoms with Gasteiger partial charge in [-0.2, -0.15) is 5.10 Å². The van der Waals surface area contributed by atoms with Crippen LogP contribution in [0.2, 0.25) is 0 Å². The number of benzene rings is 3. The van der Waals surface area contributed by atoms with Crippen molar-refractivity contribution in [2.75, 3.05) is 11.8 Å². The van der Waals surface area contributed by atoms with Gasteiger partial charge in [-0.15, -0.1) is 0 Å². The minimum Gasteiger partial charge on any atom is -0.497 e. The van der Waals surface area contributed by atoms with Crippen LogP contribution in [0.1, 0.15) is 30.5 Å². The SMILES string of the molecule is COc1cccc([C@H]2CC(c3ccc(NS(=O)(=O)c4ccc(F)cc4)cc3)=NN2C(C)=O)c1. The van der Waals surface area contributed by atoms with Gasteiger partial charge in [-0.3, -0.25) is 9.52 Å². The fraction of sp³-hybridized carbons (Fsp3) is 0.167. The molecule has 0 radical (unpaired) electrons. The molecule has 0 aromatic heterocycles. The summed E-state index contributed by atoms with van der Waals surface area (Å²) in [6.07, 6.45) is 0.507. The second-order valence-corrected chi connectivity index (χ2v) is 9.23. The number of rotatable bonds is 6. The van der Waals surface area contributed by atoms with Crippen LogP contribution in [0.5, 0.6) is 5.75 Å². The molecule has 33 heavy (non-hydrogen) atoms. The highest BCUT2D eigenvalue weighted by molar-refractivity contribution is 7.92. The molecule has 7 nitrogen and oxygen atoms in total. The average molecular weight is 468 g/mol. The summed E-state index contributed by atoms with van der Waals surface area (Å²) in [4.78, 5) is 12.2. The zero-order chi connectivity index (χ0) is 23.6. The number of methoxy groups -OCH3 is 1. The Bertz CT molecular complexity index is 1310. The molecule has 0 saturated carbocycles. The third-order valence-electron chi connectivity index (χ3n) is 5.31. The molecule has 1 N–H and O–H groups in total. The predicted octanol–water partition coefficient (Wildman–Crippen LogP) is 4.33. The molecule has 9 heteroatoms. The first kappa shape index (κ1) is 22.5. The highest BCUT2D eigenvalue weighted by Gasteiger charge is 2.31. The zero-order valence-electron chi connectivity index (χ0n) is 18.0. The van der Waals surface area contributed by atoms with Crippen LogP contribution in [0.4, 0.5) is 10.1 Å². The van der Waals surface area contributed by atoms with Crippen LogP contribution in [-0.2, 0) is 14.8 Å². The maximum atomic E-state index is 13.1. The number of hydrazone groups is 1. The largest absolute Gasteiger partial charge is 0.497 e. The lowest BCUT2D eigenvalue weighted by Gasteiger charge is -2.20. The van der Waals surface area contributed by atoms with Gasteiger partial charge in [-0.05, 0) is 59.7 Å². The summed E-state index contributed by atoms with van der Waals surface area (Å²) in [5.41, 5.74) is 2.75. The number of nitrogens with one attached hydrogen (secondary N) is 1. The number of anilines is 1. The number of sulfonamides is 1. The minimum atomic E-state index is -3.85. The Morgan fingerprint density at radius 1 is 1.09 bits per heavy atom. The summed E-state index contributed by atoms with van der Waals surface area (Å²) in [6.45, 7) is 1.47. The summed E-state index contributed by atoms with van der Waals surface area (Å²) in [5, 5.41) is 5.97. The van der Waals surface area contributed by atoms with Crippen molar-refractivity contribution in [3.05, 3.63) is 89.7 Å². The van der Waals surface area contributed by atoms with E-state index in [1.54, 1.807) is 31.4 Å². The van der Waals surface area contributed by atoms with Crippen molar-refractivity contribution in [1.82, 2.24) is 5.01 Å². The normalized spacial score (nSPS) is 15.8. The van der Waals surface area contributed by atoms with Crippen molar-refractivity contribution in [1.29, 1.82) is 0 Å². The smallest absolute Gasteiger partial charge is 0.261 e. The van der Waals surface area contributed by atoms with Gasteiger partial charge in [-0.1, -0.05) is 24.3 Å². The second kappa shape index (κ2) is 9.03. The third-order valence-corrected chi connectivity index (χ3v) is 6.70. The molecule has 0 unspecified atom stereocenters. The Hall–Kier alpha value is -3.72. The van der Waals surface area contributed by atoms with E-state index in [2.05, 4.69) is 9.82 Å². The number of carbonyl (C=O) groups is 1. The number of carbonyl (C=O) groups excluding carboxylic acids is 1. The Morgan fingerprint density at radius 2 is 1.79 bits per heavy atom. The minimum absolute atomic E-state index is 0.0358. The molecule has 0 bridgehead atoms. The molecular weight excluding hydrogens is 445 g/mol. The van der Waals surface area contributed by atoms with E-state index in [1.807, 2.05) is 24.3 Å². The van der Waals surface area contributed by atoms with Crippen LogP contribution in [0.15, 0.2) is 82.8 Å². The van der Waals surface area contributed by atoms with Gasteiger partial charge < -0.3 is 4.74 Å². The number of ether oxygens (including phenoxy) is 1. The Morgan fingerprint density at radius 3 is 2.42 bits per heavy atom. The van der Waals surface area contributed by atoms with Gasteiger partial charge in [0.1, 0.15) is 11.6 Å². The molecule has 1 aliphatic rings. The molecule has 0 spiro atoms. The Kier molecular flexibility index (Phi) is 6.15. The van der Waals surface area contributed by atoms with Crippen molar-refractivity contribution in [3.8, 4) is 5.75 Å². The highest BCUT2D eigenvalue weighted by Crippen LogP contribution is 2.34. The van der Waals surface area contributed by atoms with Gasteiger partial charge in [0.25, 0.3) is 10.0 Å². The maximum absolute atomic E-state index is 13.1. The van der Waals surface area contributed by atoms with E-state index in [4.69, 9.17) is 4.74 Å². The molecule has 0 saturated heterocycles. The van der Waals surface area contributed by atoms with E-state index >= 15 is 0 Å². The molecule has 3 aromatic carbocycles. The summed E-state index contributed by atoms with van der Waals surface area (Å²) in [7, 11) is -2.26. The third kappa shape index (κ3) is 4.88. The highest BCUT2D eigenvalue weighted by atomic mass is 32.2. The van der Waals surface area contributed by atoms with Crippen molar-refractivity contribution in [3.63, 3.8) is 0 Å². The van der Waals surface area contributed by atoms with Crippen LogP contribution in [-0.4, -0.2) is 32.2 Å². The number of hydrogen-bond donors (Lipinski definition) is 1. The van der Waals surface area contributed by atoms with E-state index in [-0.39, 0.29) is 16.8 Å². The zero-order valence-corrected chi connectivity index (χ0v) is 18.8. The lowest BCUT2D eigenvalue weighted by atomic mass is 9.98. The lowest BCUT2D eigenvalue weighted by molar-refractivity contribution is -0.130. The molecule has 0 fully saturated rings. The number of amides is 1. The molecule has 1 atom stereocenters. The molecule has 170 valence electrons. The first-order valence-corrected chi connectivity index (χ1v) is 11.7. The van der Waals surface area contributed by atoms with Gasteiger partial charge >= 0.3 is 0 Å². The van der Waals surface area contributed by atoms with E-state index in [9.17, 15) is 17.6 Å². The standard InChI is InChI=1S/C24H22FN3O4S/c1-16(29)28-24(18-4-3-5-21(14-18)32-2)15-23(26-28)17-6-10-20(11-7-17)27-33(30,31)22-12-8-19(25)9-13-22/h3-14,24,27H,15H2,1-2H3/t24-/m1/s1. The van der Waals surface area contributed by atoms with Gasteiger partial charge in [0.15, 0.2) is 0 Å². The lowest BCUT2D eigenvalue weighted by Crippen LogP contribution is -2.24. The molecule has 0 aliphatic carbocycles. The number of nitrogens with zero attached hydrogens (tertiary/aromatic N) is 2. The number of halogens is 1. The molecule has 1 amide bonds. The second-order valence-electron chi connectivity index (χ2n) is 7.54. The average Bonchev–Trinajstić information content (AvgIpc) is 3.26. The van der Waals surface area contributed by atoms with E-state index in [0.717, 1.165) is 23.3 Å². The fourth-order valence-electron chi connectivity index (χ4n) is 3.64. The first-order valence-electron chi connectivity index (χ1n) is 10.2. The predicted molar refractivity (Wildman–Crippen MR) is 123 cm³/mol. The van der Waals surface area contributed by atoms with Gasteiger partial charge in [0.05, 0.1) is 23.8 Å². The van der Waals surface area contributed by atoms with Crippen molar-refractivity contribution in [2.24, 2.45) is 5.10 Å². The monoisotopic (exact) mass is 467 g/mol. The van der Waals surface area contributed by atoms with Crippen LogP contribution in [0.3, 0.4) is 0 Å². The van der Waals surface area contributed by atoms with Crippen molar-refractivity contribution >= 4 is 27.3 Å². The van der Waals surface area contributed by atoms with Crippen molar-refractivity contribution < 1.29 is 22.3 Å². The van der Waals surface area contributed by atoms with Crippen LogP contribution < -0.4 is 9.46 Å². The molecule has 1 aliphatic heterocycles. The van der Waals surface area contributed by atoms with Crippen LogP contribution in [0, 0.1) is 5.82 Å². The van der Waals surface area contributed by atoms with Crippen LogP contribution >= 0.6 is 0 Å². The molecular formula is C24H22FN3O4S. The summed E-state index contributed by atoms with van der Waals surface area (Å²) in [5.74, 6) is 0.00578. The van der Waals surface area contributed by atoms with E-state index in [0.29, 0.717) is 23.6 Å². The van der Waals surface area contributed by atoms with E-state index in [1.165, 1.54) is 24.1 Å². The molecule has 4 rings (SSSR count). The molecule has 3 aromatic rings. The van der Waals surface area contributed by atoms with Gasteiger partial charge in [0, 0.05) is 19.0 Å². The van der Waals surface area contributed by atoms with Gasteiger partial charge in [-0.25, -0.2) is 17.8 Å². The Labute approximate surface area is 191 Å². The first-order chi connectivity index (χ1) is 15.8. The quantitative estimate of drug-likeness (QED) is 0.584. The van der Waals surface area contributed by atoms with E-state index < -0.39 is 15.8 Å². The fourth-order valence-corrected chi connectivity index (χ4v) is 4.70. The summed E-state index contributed by atoms with van der Waals surface area (Å²) < 4.78 is 45.9. The number of hydrogen-bond acceptors (Lipinski definition) is 5. The molecule has 1 heterocycles. The topological polar surface area (TPSA) is 88.1 Å². The summed E-state index contributed by atoms with van der Waals surface area (Å²) in [6, 6.07) is 18.6. The van der Waals surface area contributed by atoms with Gasteiger partial charge in [0.2, 0.25) is 5.91 Å². The summed E-state index contributed by atoms with van der Waals surface area (Å²) >= 11 is 0. The van der Waals surface area contributed by atoms with Crippen molar-refractivity contribution in [2.45, 2.75) is 24.3 Å². The maximum Gasteiger partial charge on any atom is 0.261 e. The Balaban J connectivity index is 1.54.